The third-order valence-corrected chi connectivity index (χ3v) is 4.18. The van der Waals surface area contributed by atoms with E-state index in [1.165, 1.54) is 44.3 Å². The van der Waals surface area contributed by atoms with E-state index in [4.69, 9.17) is 5.84 Å². The highest BCUT2D eigenvalue weighted by Crippen LogP contribution is 2.34. The Morgan fingerprint density at radius 3 is 2.10 bits per heavy atom. The zero-order valence-electron chi connectivity index (χ0n) is 11.8. The molecule has 0 saturated heterocycles. The van der Waals surface area contributed by atoms with E-state index in [0.717, 1.165) is 18.4 Å². The Balaban J connectivity index is 1.59. The molecule has 0 unspecified atom stereocenters. The largest absolute Gasteiger partial charge is 0.299 e. The van der Waals surface area contributed by atoms with Crippen molar-refractivity contribution in [3.05, 3.63) is 35.4 Å². The van der Waals surface area contributed by atoms with E-state index in [-0.39, 0.29) is 5.91 Å². The second-order valence-corrected chi connectivity index (χ2v) is 6.25. The van der Waals surface area contributed by atoms with Crippen LogP contribution in [0.3, 0.4) is 0 Å². The van der Waals surface area contributed by atoms with Crippen molar-refractivity contribution in [1.29, 1.82) is 0 Å². The zero-order valence-corrected chi connectivity index (χ0v) is 11.8. The summed E-state index contributed by atoms with van der Waals surface area (Å²) in [6.45, 7) is 3.47. The molecule has 2 saturated carbocycles. The van der Waals surface area contributed by atoms with Crippen molar-refractivity contribution in [1.82, 2.24) is 10.3 Å². The summed E-state index contributed by atoms with van der Waals surface area (Å²) in [5, 5.41) is 0. The molecule has 2 aliphatic rings. The molecule has 0 radical (unpaired) electrons. The molecule has 0 atom stereocenters. The fourth-order valence-corrected chi connectivity index (χ4v) is 2.64. The van der Waals surface area contributed by atoms with Crippen LogP contribution < -0.4 is 11.3 Å². The molecule has 0 spiro atoms. The number of nitrogens with one attached hydrogen (secondary N) is 1. The average Bonchev–Trinajstić information content (AvgIpc) is 3.35. The molecule has 4 nitrogen and oxygen atoms in total. The smallest absolute Gasteiger partial charge is 0.265 e. The first-order chi connectivity index (χ1) is 9.74. The fraction of sp³-hybridized carbons (Fsp3) is 0.562. The van der Waals surface area contributed by atoms with Crippen molar-refractivity contribution >= 4 is 5.91 Å². The maximum absolute atomic E-state index is 11.4. The lowest BCUT2D eigenvalue weighted by atomic mass is 10.1. The maximum atomic E-state index is 11.4. The average molecular weight is 273 g/mol. The van der Waals surface area contributed by atoms with Gasteiger partial charge in [-0.15, -0.1) is 0 Å². The standard InChI is InChI=1S/C16H23N3O/c17-18-16(20)15-7-5-14(6-8-15)11-19(9-12-1-2-12)10-13-3-4-13/h5-8,12-13H,1-4,9-11,17H2,(H,18,20). The third-order valence-electron chi connectivity index (χ3n) is 4.18. The van der Waals surface area contributed by atoms with E-state index in [1.807, 2.05) is 24.3 Å². The van der Waals surface area contributed by atoms with Crippen LogP contribution in [0.1, 0.15) is 41.6 Å². The Labute approximate surface area is 120 Å². The minimum Gasteiger partial charge on any atom is -0.299 e. The molecule has 0 aromatic heterocycles. The Morgan fingerprint density at radius 1 is 1.10 bits per heavy atom. The summed E-state index contributed by atoms with van der Waals surface area (Å²) in [6.07, 6.45) is 5.60. The minimum atomic E-state index is -0.232. The molecule has 0 heterocycles. The van der Waals surface area contributed by atoms with Crippen molar-refractivity contribution in [2.24, 2.45) is 17.7 Å². The van der Waals surface area contributed by atoms with Crippen LogP contribution in [0.4, 0.5) is 0 Å². The summed E-state index contributed by atoms with van der Waals surface area (Å²) >= 11 is 0. The number of carbonyl (C=O) groups excluding carboxylic acids is 1. The van der Waals surface area contributed by atoms with Crippen molar-refractivity contribution < 1.29 is 4.79 Å². The quantitative estimate of drug-likeness (QED) is 0.453. The van der Waals surface area contributed by atoms with Gasteiger partial charge < -0.3 is 0 Å². The molecule has 20 heavy (non-hydrogen) atoms. The fourth-order valence-electron chi connectivity index (χ4n) is 2.64. The van der Waals surface area contributed by atoms with Crippen molar-refractivity contribution in [2.75, 3.05) is 13.1 Å². The lowest BCUT2D eigenvalue weighted by molar-refractivity contribution is 0.0953. The van der Waals surface area contributed by atoms with Gasteiger partial charge in [0, 0.05) is 25.2 Å². The Morgan fingerprint density at radius 2 is 1.65 bits per heavy atom. The summed E-state index contributed by atoms with van der Waals surface area (Å²) in [5.74, 6) is 6.76. The van der Waals surface area contributed by atoms with Gasteiger partial charge in [-0.2, -0.15) is 0 Å². The van der Waals surface area contributed by atoms with Crippen LogP contribution in [0.2, 0.25) is 0 Å². The van der Waals surface area contributed by atoms with E-state index in [1.54, 1.807) is 0 Å². The van der Waals surface area contributed by atoms with Crippen molar-refractivity contribution in [3.63, 3.8) is 0 Å². The molecule has 1 aromatic carbocycles. The van der Waals surface area contributed by atoms with E-state index in [9.17, 15) is 4.79 Å². The monoisotopic (exact) mass is 273 g/mol. The molecule has 1 aromatic rings. The van der Waals surface area contributed by atoms with Gasteiger partial charge in [0.2, 0.25) is 0 Å². The van der Waals surface area contributed by atoms with Crippen molar-refractivity contribution in [2.45, 2.75) is 32.2 Å². The summed E-state index contributed by atoms with van der Waals surface area (Å²) in [5.41, 5.74) is 4.06. The maximum Gasteiger partial charge on any atom is 0.265 e. The topological polar surface area (TPSA) is 58.4 Å². The van der Waals surface area contributed by atoms with E-state index >= 15 is 0 Å². The Kier molecular flexibility index (Phi) is 4.03. The second kappa shape index (κ2) is 5.94. The Bertz CT molecular complexity index is 449. The molecule has 2 aliphatic carbocycles. The van der Waals surface area contributed by atoms with Crippen LogP contribution in [0, 0.1) is 11.8 Å². The number of amides is 1. The van der Waals surface area contributed by atoms with Crippen LogP contribution in [-0.4, -0.2) is 23.9 Å². The SMILES string of the molecule is NNC(=O)c1ccc(CN(CC2CC2)CC2CC2)cc1. The van der Waals surface area contributed by atoms with Crippen molar-refractivity contribution in [3.8, 4) is 0 Å². The summed E-state index contributed by atoms with van der Waals surface area (Å²) < 4.78 is 0. The lowest BCUT2D eigenvalue weighted by Crippen LogP contribution is -2.30. The number of rotatable bonds is 7. The number of carbonyl (C=O) groups is 1. The van der Waals surface area contributed by atoms with Crippen LogP contribution >= 0.6 is 0 Å². The first-order valence-electron chi connectivity index (χ1n) is 7.57. The first kappa shape index (κ1) is 13.6. The number of benzene rings is 1. The van der Waals surface area contributed by atoms with Gasteiger partial charge in [0.05, 0.1) is 0 Å². The molecule has 4 heteroatoms. The van der Waals surface area contributed by atoms with Gasteiger partial charge in [0.1, 0.15) is 0 Å². The number of nitrogen functional groups attached to an aromatic ring is 1. The number of hydrogen-bond donors (Lipinski definition) is 2. The van der Waals surface area contributed by atoms with Gasteiger partial charge in [0.15, 0.2) is 0 Å². The van der Waals surface area contributed by atoms with Crippen LogP contribution in [0.5, 0.6) is 0 Å². The predicted molar refractivity (Wildman–Crippen MR) is 78.8 cm³/mol. The Hall–Kier alpha value is -1.39. The summed E-state index contributed by atoms with van der Waals surface area (Å²) in [6, 6.07) is 7.78. The lowest BCUT2D eigenvalue weighted by Gasteiger charge is -2.22. The predicted octanol–water partition coefficient (Wildman–Crippen LogP) is 1.91. The zero-order chi connectivity index (χ0) is 13.9. The van der Waals surface area contributed by atoms with Crippen LogP contribution in [0.15, 0.2) is 24.3 Å². The van der Waals surface area contributed by atoms with Gasteiger partial charge >= 0.3 is 0 Å². The summed E-state index contributed by atoms with van der Waals surface area (Å²) in [4.78, 5) is 14.0. The van der Waals surface area contributed by atoms with Gasteiger partial charge in [-0.25, -0.2) is 5.84 Å². The van der Waals surface area contributed by atoms with Gasteiger partial charge in [-0.3, -0.25) is 15.1 Å². The van der Waals surface area contributed by atoms with Crippen LogP contribution in [0.25, 0.3) is 0 Å². The minimum absolute atomic E-state index is 0.232. The highest BCUT2D eigenvalue weighted by molar-refractivity contribution is 5.93. The van der Waals surface area contributed by atoms with E-state index in [2.05, 4.69) is 10.3 Å². The molecule has 3 rings (SSSR count). The van der Waals surface area contributed by atoms with Gasteiger partial charge in [-0.05, 0) is 55.2 Å². The van der Waals surface area contributed by atoms with Crippen LogP contribution in [-0.2, 0) is 6.54 Å². The van der Waals surface area contributed by atoms with E-state index < -0.39 is 0 Å². The van der Waals surface area contributed by atoms with E-state index in [0.29, 0.717) is 5.56 Å². The molecule has 0 bridgehead atoms. The molecular weight excluding hydrogens is 250 g/mol. The normalized spacial score (nSPS) is 18.3. The molecule has 2 fully saturated rings. The third kappa shape index (κ3) is 3.81. The van der Waals surface area contributed by atoms with Gasteiger partial charge in [0.25, 0.3) is 5.91 Å². The number of hydrogen-bond acceptors (Lipinski definition) is 3. The highest BCUT2D eigenvalue weighted by atomic mass is 16.2. The number of nitrogens with zero attached hydrogens (tertiary/aromatic N) is 1. The van der Waals surface area contributed by atoms with Gasteiger partial charge in [-0.1, -0.05) is 12.1 Å². The number of hydrazine groups is 1. The first-order valence-corrected chi connectivity index (χ1v) is 7.57. The molecular formula is C16H23N3O. The highest BCUT2D eigenvalue weighted by Gasteiger charge is 2.29. The molecule has 3 N–H and O–H groups in total. The second-order valence-electron chi connectivity index (χ2n) is 6.25. The number of nitrogens with two attached hydrogens (primary N) is 1. The molecule has 108 valence electrons. The molecule has 0 aliphatic heterocycles. The molecule has 1 amide bonds. The summed E-state index contributed by atoms with van der Waals surface area (Å²) in [7, 11) is 0.